The average molecular weight is 341 g/mol. The first-order valence-corrected chi connectivity index (χ1v) is 8.57. The first-order chi connectivity index (χ1) is 12.2. The van der Waals surface area contributed by atoms with Crippen LogP contribution < -0.4 is 0 Å². The van der Waals surface area contributed by atoms with Crippen LogP contribution in [0.25, 0.3) is 33.0 Å². The highest BCUT2D eigenvalue weighted by Gasteiger charge is 2.29. The largest absolute Gasteiger partial charge is 0.289 e. The lowest BCUT2D eigenvalue weighted by Gasteiger charge is -2.11. The van der Waals surface area contributed by atoms with E-state index < -0.39 is 0 Å². The molecular formula is C23H13ClO. The molecule has 0 amide bonds. The van der Waals surface area contributed by atoms with E-state index in [1.165, 1.54) is 0 Å². The molecule has 0 atom stereocenters. The van der Waals surface area contributed by atoms with Gasteiger partial charge in [-0.15, -0.1) is 0 Å². The molecule has 0 heterocycles. The Hall–Kier alpha value is -2.90. The second-order valence-electron chi connectivity index (χ2n) is 6.28. The van der Waals surface area contributed by atoms with Gasteiger partial charge >= 0.3 is 0 Å². The maximum atomic E-state index is 13.2. The van der Waals surface area contributed by atoms with Crippen molar-refractivity contribution < 1.29 is 4.79 Å². The third-order valence-corrected chi connectivity index (χ3v) is 5.11. The van der Waals surface area contributed by atoms with E-state index in [0.29, 0.717) is 10.6 Å². The molecule has 1 aliphatic rings. The van der Waals surface area contributed by atoms with Crippen LogP contribution in [0.2, 0.25) is 5.02 Å². The summed E-state index contributed by atoms with van der Waals surface area (Å²) in [6, 6.07) is 26.1. The summed E-state index contributed by atoms with van der Waals surface area (Å²) >= 11 is 6.12. The minimum Gasteiger partial charge on any atom is -0.289 e. The summed E-state index contributed by atoms with van der Waals surface area (Å²) in [4.78, 5) is 13.2. The Labute approximate surface area is 150 Å². The van der Waals surface area contributed by atoms with Crippen LogP contribution >= 0.6 is 11.6 Å². The molecular weight excluding hydrogens is 328 g/mol. The standard InChI is InChI=1S/C23H13ClO/c24-16-10-12-18-19-11-9-15-7-4-8-17(14-5-2-1-3-6-14)21(15)22(19)23(25)20(18)13-16/h1-13H. The summed E-state index contributed by atoms with van der Waals surface area (Å²) in [6.07, 6.45) is 0. The van der Waals surface area contributed by atoms with Crippen molar-refractivity contribution in [3.05, 3.63) is 95.0 Å². The fourth-order valence-electron chi connectivity index (χ4n) is 3.77. The van der Waals surface area contributed by atoms with Crippen molar-refractivity contribution in [1.29, 1.82) is 0 Å². The van der Waals surface area contributed by atoms with Gasteiger partial charge in [-0.25, -0.2) is 0 Å². The van der Waals surface area contributed by atoms with Gasteiger partial charge < -0.3 is 0 Å². The number of carbonyl (C=O) groups excluding carboxylic acids is 1. The van der Waals surface area contributed by atoms with Crippen LogP contribution in [0.15, 0.2) is 78.9 Å². The Morgan fingerprint density at radius 3 is 2.28 bits per heavy atom. The van der Waals surface area contributed by atoms with Gasteiger partial charge in [0.25, 0.3) is 0 Å². The highest BCUT2D eigenvalue weighted by atomic mass is 35.5. The summed E-state index contributed by atoms with van der Waals surface area (Å²) in [5.74, 6) is 0.0569. The monoisotopic (exact) mass is 340 g/mol. The molecule has 118 valence electrons. The predicted octanol–water partition coefficient (Wildman–Crippen LogP) is 6.37. The smallest absolute Gasteiger partial charge is 0.194 e. The molecule has 5 rings (SSSR count). The topological polar surface area (TPSA) is 17.1 Å². The van der Waals surface area contributed by atoms with Crippen LogP contribution in [0.4, 0.5) is 0 Å². The Kier molecular flexibility index (Phi) is 3.06. The maximum absolute atomic E-state index is 13.2. The predicted molar refractivity (Wildman–Crippen MR) is 103 cm³/mol. The Balaban J connectivity index is 1.90. The molecule has 1 nitrogen and oxygen atoms in total. The Morgan fingerprint density at radius 2 is 1.44 bits per heavy atom. The fraction of sp³-hybridized carbons (Fsp3) is 0. The van der Waals surface area contributed by atoms with E-state index in [4.69, 9.17) is 11.6 Å². The molecule has 0 saturated carbocycles. The highest BCUT2D eigenvalue weighted by Crippen LogP contribution is 2.43. The number of fused-ring (bicyclic) bond motifs is 5. The molecule has 0 N–H and O–H groups in total. The van der Waals surface area contributed by atoms with Gasteiger partial charge in [0, 0.05) is 21.5 Å². The Bertz CT molecular complexity index is 1160. The van der Waals surface area contributed by atoms with E-state index in [9.17, 15) is 4.79 Å². The van der Waals surface area contributed by atoms with Gasteiger partial charge in [0.05, 0.1) is 0 Å². The van der Waals surface area contributed by atoms with Crippen LogP contribution in [0.5, 0.6) is 0 Å². The normalized spacial score (nSPS) is 12.3. The SMILES string of the molecule is O=C1c2cc(Cl)ccc2-c2ccc3cccc(-c4ccccc4)c3c21. The molecule has 0 fully saturated rings. The van der Waals surface area contributed by atoms with Crippen molar-refractivity contribution in [3.63, 3.8) is 0 Å². The fourth-order valence-corrected chi connectivity index (χ4v) is 3.94. The lowest BCUT2D eigenvalue weighted by Crippen LogP contribution is -1.97. The number of hydrogen-bond acceptors (Lipinski definition) is 1. The van der Waals surface area contributed by atoms with Gasteiger partial charge in [0.1, 0.15) is 0 Å². The molecule has 1 aliphatic carbocycles. The quantitative estimate of drug-likeness (QED) is 0.346. The van der Waals surface area contributed by atoms with Crippen molar-refractivity contribution in [2.45, 2.75) is 0 Å². The second kappa shape index (κ2) is 5.30. The van der Waals surface area contributed by atoms with E-state index in [-0.39, 0.29) is 5.78 Å². The van der Waals surface area contributed by atoms with Crippen LogP contribution in [0, 0.1) is 0 Å². The number of hydrogen-bond donors (Lipinski definition) is 0. The van der Waals surface area contributed by atoms with Gasteiger partial charge in [-0.3, -0.25) is 4.79 Å². The lowest BCUT2D eigenvalue weighted by molar-refractivity contribution is 0.104. The number of ketones is 1. The highest BCUT2D eigenvalue weighted by molar-refractivity contribution is 6.33. The number of benzene rings is 4. The summed E-state index contributed by atoms with van der Waals surface area (Å²) < 4.78 is 0. The number of rotatable bonds is 1. The van der Waals surface area contributed by atoms with E-state index in [2.05, 4.69) is 30.3 Å². The van der Waals surface area contributed by atoms with Crippen LogP contribution in [0.1, 0.15) is 15.9 Å². The molecule has 4 aromatic rings. The third kappa shape index (κ3) is 2.06. The lowest BCUT2D eigenvalue weighted by atomic mass is 9.92. The summed E-state index contributed by atoms with van der Waals surface area (Å²) in [5, 5.41) is 2.68. The minimum absolute atomic E-state index is 0.0569. The molecule has 0 bridgehead atoms. The van der Waals surface area contributed by atoms with E-state index in [1.807, 2.05) is 42.5 Å². The summed E-state index contributed by atoms with van der Waals surface area (Å²) in [7, 11) is 0. The number of carbonyl (C=O) groups is 1. The van der Waals surface area contributed by atoms with Gasteiger partial charge in [-0.1, -0.05) is 78.3 Å². The molecule has 25 heavy (non-hydrogen) atoms. The van der Waals surface area contributed by atoms with Crippen molar-refractivity contribution in [2.75, 3.05) is 0 Å². The van der Waals surface area contributed by atoms with Crippen LogP contribution in [0.3, 0.4) is 0 Å². The molecule has 4 aromatic carbocycles. The molecule has 0 spiro atoms. The van der Waals surface area contributed by atoms with E-state index in [0.717, 1.165) is 38.6 Å². The zero-order valence-electron chi connectivity index (χ0n) is 13.3. The van der Waals surface area contributed by atoms with Crippen LogP contribution in [-0.2, 0) is 0 Å². The second-order valence-corrected chi connectivity index (χ2v) is 6.71. The van der Waals surface area contributed by atoms with Gasteiger partial charge in [-0.05, 0) is 39.8 Å². The first-order valence-electron chi connectivity index (χ1n) is 8.20. The maximum Gasteiger partial charge on any atom is 0.194 e. The zero-order chi connectivity index (χ0) is 17.0. The third-order valence-electron chi connectivity index (χ3n) is 4.87. The van der Waals surface area contributed by atoms with Crippen molar-refractivity contribution in [3.8, 4) is 22.3 Å². The van der Waals surface area contributed by atoms with Crippen molar-refractivity contribution in [1.82, 2.24) is 0 Å². The number of halogens is 1. The van der Waals surface area contributed by atoms with E-state index >= 15 is 0 Å². The van der Waals surface area contributed by atoms with Gasteiger partial charge in [-0.2, -0.15) is 0 Å². The van der Waals surface area contributed by atoms with Gasteiger partial charge in [0.2, 0.25) is 0 Å². The zero-order valence-corrected chi connectivity index (χ0v) is 14.0. The molecule has 2 heteroatoms. The van der Waals surface area contributed by atoms with Crippen LogP contribution in [-0.4, -0.2) is 5.78 Å². The molecule has 0 radical (unpaired) electrons. The first kappa shape index (κ1) is 14.4. The van der Waals surface area contributed by atoms with Crippen molar-refractivity contribution >= 4 is 28.2 Å². The minimum atomic E-state index is 0.0569. The Morgan fingerprint density at radius 1 is 0.640 bits per heavy atom. The van der Waals surface area contributed by atoms with Crippen molar-refractivity contribution in [2.24, 2.45) is 0 Å². The molecule has 0 saturated heterocycles. The molecule has 0 unspecified atom stereocenters. The summed E-state index contributed by atoms with van der Waals surface area (Å²) in [6.45, 7) is 0. The molecule has 0 aromatic heterocycles. The average Bonchev–Trinajstić information content (AvgIpc) is 2.94. The molecule has 0 aliphatic heterocycles. The van der Waals surface area contributed by atoms with E-state index in [1.54, 1.807) is 6.07 Å². The summed E-state index contributed by atoms with van der Waals surface area (Å²) in [5.41, 5.74) is 5.64. The van der Waals surface area contributed by atoms with Gasteiger partial charge in [0.15, 0.2) is 5.78 Å².